The minimum Gasteiger partial charge on any atom is -0.389 e. The zero-order valence-corrected chi connectivity index (χ0v) is 40.3. The molecule has 384 valence electrons. The SMILES string of the molecule is CC(C)=C[C@@H]1CO[C@]23C[C@]4(CO2)[C@@H](CC[C@@H]2[C@@]5(C)CC[C@H](O[C@@H]6OC[C@H](O)[C@H](O[C@@H]7O[C@H](COS(=O)(=O)O)[C@@H](O)[C@H](O)[C@H]7O[C@@H]7OC[C@H](O)[C@H](O)[C@H]7O)[C@H]6O)C(C)(C)[C@H]5CC[C@]24C)[C@H]3[C@@]1(C)O. The van der Waals surface area contributed by atoms with Gasteiger partial charge in [-0.25, -0.2) is 4.18 Å². The Labute approximate surface area is 392 Å². The van der Waals surface area contributed by atoms with E-state index in [9.17, 15) is 53.8 Å². The molecule has 0 aromatic rings. The van der Waals surface area contributed by atoms with E-state index >= 15 is 0 Å². The lowest BCUT2D eigenvalue weighted by molar-refractivity contribution is -0.381. The fourth-order valence-electron chi connectivity index (χ4n) is 15.6. The van der Waals surface area contributed by atoms with Gasteiger partial charge in [-0.15, -0.1) is 0 Å². The molecule has 24 atom stereocenters. The second-order valence-corrected chi connectivity index (χ2v) is 24.1. The van der Waals surface area contributed by atoms with Crippen LogP contribution in [0.3, 0.4) is 0 Å². The van der Waals surface area contributed by atoms with Crippen LogP contribution in [0.5, 0.6) is 0 Å². The summed E-state index contributed by atoms with van der Waals surface area (Å²) in [5, 5.41) is 88.5. The van der Waals surface area contributed by atoms with Crippen molar-refractivity contribution in [2.45, 2.75) is 191 Å². The van der Waals surface area contributed by atoms with E-state index < -0.39 is 126 Å². The van der Waals surface area contributed by atoms with Gasteiger partial charge in [0.05, 0.1) is 44.7 Å². The average Bonchev–Trinajstić information content (AvgIpc) is 3.78. The summed E-state index contributed by atoms with van der Waals surface area (Å²) in [6.07, 6.45) is -14.1. The Balaban J connectivity index is 0.913. The second kappa shape index (κ2) is 17.6. The molecule has 9 fully saturated rings. The quantitative estimate of drug-likeness (QED) is 0.0808. The van der Waals surface area contributed by atoms with Crippen LogP contribution in [0.15, 0.2) is 11.6 Å². The van der Waals surface area contributed by atoms with Crippen LogP contribution in [-0.2, 0) is 52.5 Å². The van der Waals surface area contributed by atoms with Gasteiger partial charge < -0.3 is 78.7 Å². The molecule has 0 unspecified atom stereocenters. The van der Waals surface area contributed by atoms with E-state index in [4.69, 9.17) is 37.9 Å². The van der Waals surface area contributed by atoms with Crippen LogP contribution in [0.2, 0.25) is 0 Å². The molecule has 9 rings (SSSR count). The van der Waals surface area contributed by atoms with Crippen molar-refractivity contribution >= 4 is 10.4 Å². The van der Waals surface area contributed by atoms with Crippen molar-refractivity contribution < 1.29 is 95.9 Å². The van der Waals surface area contributed by atoms with Crippen molar-refractivity contribution in [3.63, 3.8) is 0 Å². The first-order chi connectivity index (χ1) is 31.2. The number of hydrogen-bond donors (Lipinski definition) is 9. The van der Waals surface area contributed by atoms with Crippen LogP contribution in [0.1, 0.15) is 93.4 Å². The number of fused-ring (bicyclic) bond motifs is 4. The first-order valence-corrected chi connectivity index (χ1v) is 25.5. The Morgan fingerprint density at radius 1 is 0.716 bits per heavy atom. The van der Waals surface area contributed by atoms with Crippen LogP contribution >= 0.6 is 0 Å². The molecule has 4 saturated carbocycles. The number of rotatable bonds is 10. The molecule has 9 aliphatic rings. The highest BCUT2D eigenvalue weighted by atomic mass is 32.3. The van der Waals surface area contributed by atoms with Crippen LogP contribution in [0, 0.1) is 51.2 Å². The first-order valence-electron chi connectivity index (χ1n) is 24.1. The fraction of sp³-hybridized carbons (Fsp3) is 0.957. The molecule has 2 bridgehead atoms. The monoisotopic (exact) mass is 978 g/mol. The molecule has 20 nitrogen and oxygen atoms in total. The predicted molar refractivity (Wildman–Crippen MR) is 229 cm³/mol. The standard InChI is InChI=1S/C46H74O20S/c1-21(2)14-22-15-60-46-19-45(20-61-46)23(37(46)44(22,7)54)8-9-28-42(5)12-11-29(41(3,4)27(42)10-13-43(28,45)6)64-39-34(53)35(25(48)17-59-39)65-40-36(66-38-33(52)30(49)24(47)16-58-38)32(51)31(50)26(63-40)18-62-67(55,56)57/h14,22-40,47-54H,8-13,15-20H2,1-7H3,(H,55,56,57)/t22-,23+,24+,25+,26-,27-,28-,29+,30+,31-,32+,33-,34-,35+,36-,37+,38+,39+,40+,42+,43-,44+,45+,46-/m1/s1. The Hall–Kier alpha value is -1.03. The average molecular weight is 979 g/mol. The Morgan fingerprint density at radius 3 is 2.07 bits per heavy atom. The summed E-state index contributed by atoms with van der Waals surface area (Å²) >= 11 is 0. The minimum absolute atomic E-state index is 0.0767. The van der Waals surface area contributed by atoms with E-state index in [1.807, 2.05) is 6.92 Å². The number of allylic oxidation sites excluding steroid dienone is 1. The van der Waals surface area contributed by atoms with Gasteiger partial charge in [-0.2, -0.15) is 8.42 Å². The third-order valence-electron chi connectivity index (χ3n) is 18.8. The van der Waals surface area contributed by atoms with Crippen LogP contribution in [-0.4, -0.2) is 184 Å². The summed E-state index contributed by atoms with van der Waals surface area (Å²) in [7, 11) is -5.03. The molecule has 0 aromatic carbocycles. The molecule has 0 aromatic heterocycles. The van der Waals surface area contributed by atoms with Gasteiger partial charge in [0.25, 0.3) is 0 Å². The molecule has 0 radical (unpaired) electrons. The fourth-order valence-corrected chi connectivity index (χ4v) is 15.9. The zero-order chi connectivity index (χ0) is 48.6. The highest BCUT2D eigenvalue weighted by Gasteiger charge is 2.81. The molecule has 0 amide bonds. The lowest BCUT2D eigenvalue weighted by atomic mass is 9.35. The van der Waals surface area contributed by atoms with E-state index in [1.165, 1.54) is 0 Å². The molecular weight excluding hydrogens is 905 g/mol. The van der Waals surface area contributed by atoms with Gasteiger partial charge in [0.1, 0.15) is 61.0 Å². The predicted octanol–water partition coefficient (Wildman–Crippen LogP) is 0.290. The lowest BCUT2D eigenvalue weighted by Gasteiger charge is -2.70. The van der Waals surface area contributed by atoms with Crippen molar-refractivity contribution in [3.05, 3.63) is 11.6 Å². The van der Waals surface area contributed by atoms with Crippen molar-refractivity contribution in [1.29, 1.82) is 0 Å². The van der Waals surface area contributed by atoms with Crippen molar-refractivity contribution in [2.24, 2.45) is 51.2 Å². The molecule has 67 heavy (non-hydrogen) atoms. The molecular formula is C46H74O20S. The summed E-state index contributed by atoms with van der Waals surface area (Å²) in [4.78, 5) is 0. The van der Waals surface area contributed by atoms with Gasteiger partial charge in [0.2, 0.25) is 0 Å². The van der Waals surface area contributed by atoms with Crippen molar-refractivity contribution in [2.75, 3.05) is 33.0 Å². The lowest BCUT2D eigenvalue weighted by Crippen LogP contribution is -2.68. The highest BCUT2D eigenvalue weighted by Crippen LogP contribution is 2.80. The van der Waals surface area contributed by atoms with E-state index in [0.29, 0.717) is 25.6 Å². The van der Waals surface area contributed by atoms with E-state index in [0.717, 1.165) is 44.1 Å². The maximum absolute atomic E-state index is 12.4. The number of aliphatic hydroxyl groups is 8. The van der Waals surface area contributed by atoms with E-state index in [2.05, 4.69) is 51.8 Å². The van der Waals surface area contributed by atoms with Gasteiger partial charge in [-0.05, 0) is 93.3 Å². The maximum atomic E-state index is 12.4. The Morgan fingerprint density at radius 2 is 1.39 bits per heavy atom. The maximum Gasteiger partial charge on any atom is 0.397 e. The molecule has 2 spiro atoms. The molecule has 5 saturated heterocycles. The molecule has 9 N–H and O–H groups in total. The summed E-state index contributed by atoms with van der Waals surface area (Å²) in [5.74, 6) is -0.225. The first kappa shape index (κ1) is 50.9. The Kier molecular flexibility index (Phi) is 13.4. The normalized spacial score (nSPS) is 54.9. The second-order valence-electron chi connectivity index (χ2n) is 23.0. The van der Waals surface area contributed by atoms with Gasteiger partial charge in [-0.1, -0.05) is 39.3 Å². The van der Waals surface area contributed by atoms with Gasteiger partial charge in [0.15, 0.2) is 24.7 Å². The van der Waals surface area contributed by atoms with Gasteiger partial charge in [0, 0.05) is 23.7 Å². The summed E-state index contributed by atoms with van der Waals surface area (Å²) < 4.78 is 85.7. The van der Waals surface area contributed by atoms with Crippen LogP contribution in [0.4, 0.5) is 0 Å². The van der Waals surface area contributed by atoms with Gasteiger partial charge >= 0.3 is 10.4 Å². The molecule has 5 heterocycles. The van der Waals surface area contributed by atoms with E-state index in [1.54, 1.807) is 0 Å². The number of ether oxygens (including phenoxy) is 8. The van der Waals surface area contributed by atoms with Crippen molar-refractivity contribution in [1.82, 2.24) is 0 Å². The molecule has 21 heteroatoms. The minimum atomic E-state index is -5.03. The van der Waals surface area contributed by atoms with Gasteiger partial charge in [-0.3, -0.25) is 4.55 Å². The molecule has 5 aliphatic heterocycles. The van der Waals surface area contributed by atoms with Crippen LogP contribution in [0.25, 0.3) is 0 Å². The van der Waals surface area contributed by atoms with Crippen LogP contribution < -0.4 is 0 Å². The Bertz CT molecular complexity index is 1970. The third-order valence-corrected chi connectivity index (χ3v) is 19.3. The summed E-state index contributed by atoms with van der Waals surface area (Å²) in [6, 6.07) is 0. The summed E-state index contributed by atoms with van der Waals surface area (Å²) in [6.45, 7) is 14.6. The smallest absolute Gasteiger partial charge is 0.389 e. The third kappa shape index (κ3) is 8.13. The highest BCUT2D eigenvalue weighted by molar-refractivity contribution is 7.80. The largest absolute Gasteiger partial charge is 0.397 e. The molecule has 4 aliphatic carbocycles. The van der Waals surface area contributed by atoms with E-state index in [-0.39, 0.29) is 46.5 Å². The topological polar surface area (TPSA) is 299 Å². The number of aliphatic hydroxyl groups excluding tert-OH is 7. The zero-order valence-electron chi connectivity index (χ0n) is 39.5. The summed E-state index contributed by atoms with van der Waals surface area (Å²) in [5.41, 5.74) is -0.566. The van der Waals surface area contributed by atoms with Crippen molar-refractivity contribution in [3.8, 4) is 0 Å². The number of hydrogen-bond acceptors (Lipinski definition) is 19.